The predicted octanol–water partition coefficient (Wildman–Crippen LogP) is 2.55. The second-order valence-corrected chi connectivity index (χ2v) is 8.01. The van der Waals surface area contributed by atoms with Crippen LogP contribution in [-0.4, -0.2) is 44.9 Å². The van der Waals surface area contributed by atoms with E-state index >= 15 is 0 Å². The van der Waals surface area contributed by atoms with Crippen LogP contribution < -0.4 is 5.32 Å². The van der Waals surface area contributed by atoms with Gasteiger partial charge in [-0.2, -0.15) is 4.31 Å². The largest absolute Gasteiger partial charge is 0.379 e. The number of carbonyl (C=O) groups excluding carboxylic acids is 1. The lowest BCUT2D eigenvalue weighted by Gasteiger charge is -2.26. The highest BCUT2D eigenvalue weighted by molar-refractivity contribution is 7.89. The summed E-state index contributed by atoms with van der Waals surface area (Å²) in [5, 5.41) is 2.28. The smallest absolute Gasteiger partial charge is 0.256 e. The predicted molar refractivity (Wildman–Crippen MR) is 95.1 cm³/mol. The summed E-state index contributed by atoms with van der Waals surface area (Å²) in [4.78, 5) is 12.5. The lowest BCUT2D eigenvalue weighted by atomic mass is 10.1. The molecule has 144 valence electrons. The molecule has 1 aliphatic heterocycles. The van der Waals surface area contributed by atoms with Gasteiger partial charge in [0.15, 0.2) is 0 Å². The minimum absolute atomic E-state index is 0.0418. The Morgan fingerprint density at radius 2 is 1.81 bits per heavy atom. The molecule has 1 amide bonds. The molecule has 0 aromatic heterocycles. The molecule has 0 bridgehead atoms. The average Bonchev–Trinajstić information content (AvgIpc) is 2.65. The zero-order valence-corrected chi connectivity index (χ0v) is 15.4. The molecular weight excluding hydrogens is 378 g/mol. The summed E-state index contributed by atoms with van der Waals surface area (Å²) in [5.74, 6) is -2.22. The van der Waals surface area contributed by atoms with Crippen molar-refractivity contribution >= 4 is 21.6 Å². The van der Waals surface area contributed by atoms with Gasteiger partial charge in [-0.05, 0) is 36.8 Å². The highest BCUT2D eigenvalue weighted by atomic mass is 32.2. The van der Waals surface area contributed by atoms with Gasteiger partial charge in [0.1, 0.15) is 11.6 Å². The summed E-state index contributed by atoms with van der Waals surface area (Å²) in [6.45, 7) is 2.69. The topological polar surface area (TPSA) is 75.7 Å². The average molecular weight is 396 g/mol. The van der Waals surface area contributed by atoms with Crippen LogP contribution in [-0.2, 0) is 14.8 Å². The summed E-state index contributed by atoms with van der Waals surface area (Å²) < 4.78 is 59.0. The fourth-order valence-corrected chi connectivity index (χ4v) is 4.16. The molecule has 3 rings (SSSR count). The number of amides is 1. The summed E-state index contributed by atoms with van der Waals surface area (Å²) >= 11 is 0. The molecule has 1 saturated heterocycles. The zero-order valence-electron chi connectivity index (χ0n) is 14.5. The van der Waals surface area contributed by atoms with Crippen LogP contribution in [0.2, 0.25) is 0 Å². The van der Waals surface area contributed by atoms with Crippen molar-refractivity contribution in [1.29, 1.82) is 0 Å². The summed E-state index contributed by atoms with van der Waals surface area (Å²) in [5.41, 5.74) is 0.249. The molecule has 27 heavy (non-hydrogen) atoms. The van der Waals surface area contributed by atoms with Gasteiger partial charge in [-0.15, -0.1) is 0 Å². The Morgan fingerprint density at radius 1 is 1.11 bits per heavy atom. The van der Waals surface area contributed by atoms with Crippen LogP contribution in [0, 0.1) is 18.6 Å². The van der Waals surface area contributed by atoms with Crippen molar-refractivity contribution in [3.8, 4) is 0 Å². The summed E-state index contributed by atoms with van der Waals surface area (Å²) in [7, 11) is -3.78. The molecular formula is C18H18F2N2O4S. The lowest BCUT2D eigenvalue weighted by Crippen LogP contribution is -2.40. The van der Waals surface area contributed by atoms with Crippen LogP contribution in [0.25, 0.3) is 0 Å². The molecule has 6 nitrogen and oxygen atoms in total. The van der Waals surface area contributed by atoms with Gasteiger partial charge in [-0.25, -0.2) is 17.2 Å². The van der Waals surface area contributed by atoms with Gasteiger partial charge < -0.3 is 10.1 Å². The molecule has 0 radical (unpaired) electrons. The van der Waals surface area contributed by atoms with E-state index in [-0.39, 0.29) is 29.2 Å². The second-order valence-electron chi connectivity index (χ2n) is 6.07. The van der Waals surface area contributed by atoms with Gasteiger partial charge in [-0.1, -0.05) is 6.07 Å². The zero-order chi connectivity index (χ0) is 19.6. The van der Waals surface area contributed by atoms with E-state index < -0.39 is 27.6 Å². The van der Waals surface area contributed by atoms with Gasteiger partial charge in [0.25, 0.3) is 5.91 Å². The molecule has 0 atom stereocenters. The summed E-state index contributed by atoms with van der Waals surface area (Å²) in [6.07, 6.45) is 0. The quantitative estimate of drug-likeness (QED) is 0.862. The van der Waals surface area contributed by atoms with E-state index in [0.29, 0.717) is 18.8 Å². The Balaban J connectivity index is 1.91. The number of anilines is 1. The number of hydrogen-bond acceptors (Lipinski definition) is 4. The van der Waals surface area contributed by atoms with E-state index in [0.717, 1.165) is 18.2 Å². The third kappa shape index (κ3) is 4.15. The van der Waals surface area contributed by atoms with Crippen LogP contribution in [0.4, 0.5) is 14.5 Å². The lowest BCUT2D eigenvalue weighted by molar-refractivity contribution is 0.0730. The number of benzene rings is 2. The SMILES string of the molecule is Cc1ccc(S(=O)(=O)N2CCOCC2)cc1C(=O)Nc1cc(F)ccc1F. The Kier molecular flexibility index (Phi) is 5.54. The van der Waals surface area contributed by atoms with Crippen molar-refractivity contribution in [2.75, 3.05) is 31.6 Å². The maximum atomic E-state index is 13.8. The van der Waals surface area contributed by atoms with E-state index in [2.05, 4.69) is 5.32 Å². The number of sulfonamides is 1. The molecule has 1 heterocycles. The number of aryl methyl sites for hydroxylation is 1. The maximum Gasteiger partial charge on any atom is 0.256 e. The molecule has 9 heteroatoms. The van der Waals surface area contributed by atoms with Crippen molar-refractivity contribution in [3.05, 3.63) is 59.2 Å². The Labute approximate surface area is 155 Å². The number of nitrogens with zero attached hydrogens (tertiary/aromatic N) is 1. The number of halogens is 2. The second kappa shape index (κ2) is 7.71. The van der Waals surface area contributed by atoms with Crippen molar-refractivity contribution in [3.63, 3.8) is 0 Å². The molecule has 0 aliphatic carbocycles. The van der Waals surface area contributed by atoms with Crippen LogP contribution in [0.15, 0.2) is 41.3 Å². The molecule has 2 aromatic rings. The van der Waals surface area contributed by atoms with Gasteiger partial charge in [0.2, 0.25) is 10.0 Å². The van der Waals surface area contributed by atoms with Crippen molar-refractivity contribution < 1.29 is 26.7 Å². The monoisotopic (exact) mass is 396 g/mol. The first kappa shape index (κ1) is 19.4. The van der Waals surface area contributed by atoms with Crippen molar-refractivity contribution in [2.24, 2.45) is 0 Å². The number of hydrogen-bond donors (Lipinski definition) is 1. The van der Waals surface area contributed by atoms with E-state index in [4.69, 9.17) is 4.74 Å². The molecule has 1 fully saturated rings. The van der Waals surface area contributed by atoms with Gasteiger partial charge in [0.05, 0.1) is 23.8 Å². The first-order valence-electron chi connectivity index (χ1n) is 8.24. The van der Waals surface area contributed by atoms with Gasteiger partial charge >= 0.3 is 0 Å². The highest BCUT2D eigenvalue weighted by Gasteiger charge is 2.27. The van der Waals surface area contributed by atoms with E-state index in [9.17, 15) is 22.0 Å². The van der Waals surface area contributed by atoms with Crippen LogP contribution >= 0.6 is 0 Å². The van der Waals surface area contributed by atoms with Crippen molar-refractivity contribution in [1.82, 2.24) is 4.31 Å². The maximum absolute atomic E-state index is 13.8. The molecule has 1 N–H and O–H groups in total. The number of nitrogens with one attached hydrogen (secondary N) is 1. The van der Waals surface area contributed by atoms with Crippen molar-refractivity contribution in [2.45, 2.75) is 11.8 Å². The fraction of sp³-hybridized carbons (Fsp3) is 0.278. The third-order valence-corrected chi connectivity index (χ3v) is 6.13. The summed E-state index contributed by atoms with van der Waals surface area (Å²) in [6, 6.07) is 6.86. The van der Waals surface area contributed by atoms with Crippen LogP contribution in [0.3, 0.4) is 0 Å². The molecule has 2 aromatic carbocycles. The van der Waals surface area contributed by atoms with Gasteiger partial charge in [-0.3, -0.25) is 4.79 Å². The number of morpholine rings is 1. The molecule has 0 saturated carbocycles. The van der Waals surface area contributed by atoms with Crippen LogP contribution in [0.5, 0.6) is 0 Å². The Hall–Kier alpha value is -2.36. The number of carbonyl (C=O) groups is 1. The minimum atomic E-state index is -3.78. The molecule has 0 spiro atoms. The Morgan fingerprint density at radius 3 is 2.52 bits per heavy atom. The van der Waals surface area contributed by atoms with E-state index in [1.807, 2.05) is 0 Å². The number of rotatable bonds is 4. The number of ether oxygens (including phenoxy) is 1. The van der Waals surface area contributed by atoms with E-state index in [1.165, 1.54) is 22.5 Å². The third-order valence-electron chi connectivity index (χ3n) is 4.24. The fourth-order valence-electron chi connectivity index (χ4n) is 2.73. The van der Waals surface area contributed by atoms with Gasteiger partial charge in [0, 0.05) is 24.7 Å². The minimum Gasteiger partial charge on any atom is -0.379 e. The molecule has 0 unspecified atom stereocenters. The first-order chi connectivity index (χ1) is 12.8. The molecule has 1 aliphatic rings. The van der Waals surface area contributed by atoms with Crippen LogP contribution in [0.1, 0.15) is 15.9 Å². The Bertz CT molecular complexity index is 973. The van der Waals surface area contributed by atoms with E-state index in [1.54, 1.807) is 6.92 Å². The normalized spacial score (nSPS) is 15.5. The standard InChI is InChI=1S/C18H18F2N2O4S/c1-12-2-4-14(27(24,25)22-6-8-26-9-7-22)11-15(12)18(23)21-17-10-13(19)3-5-16(17)20/h2-5,10-11H,6-9H2,1H3,(H,21,23). The first-order valence-corrected chi connectivity index (χ1v) is 9.68. The highest BCUT2D eigenvalue weighted by Crippen LogP contribution is 2.22.